The maximum Gasteiger partial charge on any atom is 0.319 e. The van der Waals surface area contributed by atoms with Crippen LogP contribution in [0.4, 0.5) is 14.6 Å². The SMILES string of the molecule is CCc1c(F)ccc2cc(O)cc(-c3nc4c5c(nc(OCC67CCCN6CCC7)nc5c3F)N(C)CCO4)c12. The minimum Gasteiger partial charge on any atom is -0.508 e. The normalized spacial score (nSPS) is 18.2. The molecule has 0 spiro atoms. The summed E-state index contributed by atoms with van der Waals surface area (Å²) >= 11 is 0. The van der Waals surface area contributed by atoms with Gasteiger partial charge in [-0.2, -0.15) is 9.97 Å². The molecular formula is C30H31F2N5O3. The van der Waals surface area contributed by atoms with Gasteiger partial charge in [-0.1, -0.05) is 13.0 Å². The molecule has 40 heavy (non-hydrogen) atoms. The van der Waals surface area contributed by atoms with Crippen molar-refractivity contribution >= 4 is 27.5 Å². The summed E-state index contributed by atoms with van der Waals surface area (Å²) in [6.45, 7) is 5.24. The number of phenolic OH excluding ortho intramolecular Hbond substituents is 1. The van der Waals surface area contributed by atoms with Crippen molar-refractivity contribution in [1.82, 2.24) is 19.9 Å². The van der Waals surface area contributed by atoms with Gasteiger partial charge in [-0.05, 0) is 79.7 Å². The van der Waals surface area contributed by atoms with Crippen molar-refractivity contribution in [2.45, 2.75) is 44.6 Å². The quantitative estimate of drug-likeness (QED) is 0.364. The highest BCUT2D eigenvalue weighted by Crippen LogP contribution is 2.43. The van der Waals surface area contributed by atoms with Gasteiger partial charge in [0.1, 0.15) is 47.2 Å². The van der Waals surface area contributed by atoms with E-state index in [1.165, 1.54) is 18.2 Å². The van der Waals surface area contributed by atoms with Crippen LogP contribution in [0.15, 0.2) is 24.3 Å². The fourth-order valence-electron chi connectivity index (χ4n) is 6.80. The second-order valence-electron chi connectivity index (χ2n) is 11.1. The first-order valence-electron chi connectivity index (χ1n) is 14.0. The number of ether oxygens (including phenoxy) is 2. The lowest BCUT2D eigenvalue weighted by Gasteiger charge is -2.31. The smallest absolute Gasteiger partial charge is 0.319 e. The van der Waals surface area contributed by atoms with Crippen molar-refractivity contribution in [2.75, 3.05) is 44.8 Å². The molecule has 0 saturated carbocycles. The summed E-state index contributed by atoms with van der Waals surface area (Å²) in [5.41, 5.74) is 0.629. The van der Waals surface area contributed by atoms with Gasteiger partial charge in [0.05, 0.1) is 12.1 Å². The molecule has 0 atom stereocenters. The molecule has 8 nitrogen and oxygen atoms in total. The first-order valence-corrected chi connectivity index (χ1v) is 14.0. The van der Waals surface area contributed by atoms with Gasteiger partial charge in [0.25, 0.3) is 0 Å². The van der Waals surface area contributed by atoms with Crippen molar-refractivity contribution in [3.8, 4) is 28.9 Å². The molecule has 2 fully saturated rings. The van der Waals surface area contributed by atoms with Crippen LogP contribution >= 0.6 is 0 Å². The topological polar surface area (TPSA) is 83.8 Å². The van der Waals surface area contributed by atoms with Crippen LogP contribution in [0.3, 0.4) is 0 Å². The van der Waals surface area contributed by atoms with E-state index in [9.17, 15) is 9.50 Å². The number of likely N-dealkylation sites (N-methyl/N-ethyl adjacent to an activating group) is 1. The van der Waals surface area contributed by atoms with Crippen molar-refractivity contribution < 1.29 is 23.4 Å². The minimum absolute atomic E-state index is 0.0182. The van der Waals surface area contributed by atoms with Gasteiger partial charge >= 0.3 is 6.01 Å². The third-order valence-electron chi connectivity index (χ3n) is 8.78. The number of halogens is 2. The summed E-state index contributed by atoms with van der Waals surface area (Å²) in [4.78, 5) is 18.2. The second kappa shape index (κ2) is 9.40. The molecule has 2 aromatic carbocycles. The van der Waals surface area contributed by atoms with Crippen LogP contribution in [0.25, 0.3) is 32.9 Å². The number of nitrogens with zero attached hydrogens (tertiary/aromatic N) is 5. The highest BCUT2D eigenvalue weighted by Gasteiger charge is 2.45. The Morgan fingerprint density at radius 1 is 1.05 bits per heavy atom. The highest BCUT2D eigenvalue weighted by atomic mass is 19.1. The van der Waals surface area contributed by atoms with E-state index in [0.29, 0.717) is 53.7 Å². The zero-order valence-electron chi connectivity index (χ0n) is 22.6. The largest absolute Gasteiger partial charge is 0.508 e. The Hall–Kier alpha value is -3.79. The van der Waals surface area contributed by atoms with Crippen molar-refractivity contribution in [2.24, 2.45) is 0 Å². The van der Waals surface area contributed by atoms with E-state index in [0.717, 1.165) is 38.8 Å². The van der Waals surface area contributed by atoms with E-state index in [1.807, 2.05) is 18.9 Å². The van der Waals surface area contributed by atoms with Gasteiger partial charge < -0.3 is 19.5 Å². The lowest BCUT2D eigenvalue weighted by molar-refractivity contribution is 0.108. The number of phenols is 1. The molecule has 3 aliphatic heterocycles. The van der Waals surface area contributed by atoms with Crippen LogP contribution in [0.5, 0.6) is 17.6 Å². The number of fused-ring (bicyclic) bond motifs is 2. The summed E-state index contributed by atoms with van der Waals surface area (Å²) in [6.07, 6.45) is 4.79. The number of pyridine rings is 1. The Morgan fingerprint density at radius 3 is 2.62 bits per heavy atom. The van der Waals surface area contributed by atoms with E-state index in [2.05, 4.69) is 19.9 Å². The fraction of sp³-hybridized carbons (Fsp3) is 0.433. The van der Waals surface area contributed by atoms with Crippen LogP contribution in [0, 0.1) is 11.6 Å². The Morgan fingerprint density at radius 2 is 1.85 bits per heavy atom. The molecule has 0 amide bonds. The fourth-order valence-corrected chi connectivity index (χ4v) is 6.80. The zero-order valence-corrected chi connectivity index (χ0v) is 22.6. The van der Waals surface area contributed by atoms with Gasteiger partial charge in [-0.3, -0.25) is 4.90 Å². The average Bonchev–Trinajstić information content (AvgIpc) is 3.48. The Kier molecular flexibility index (Phi) is 5.92. The average molecular weight is 548 g/mol. The number of benzene rings is 2. The van der Waals surface area contributed by atoms with Crippen LogP contribution in [0.1, 0.15) is 38.2 Å². The molecule has 5 heterocycles. The Bertz CT molecular complexity index is 1650. The summed E-state index contributed by atoms with van der Waals surface area (Å²) in [6, 6.07) is 6.00. The van der Waals surface area contributed by atoms with Gasteiger partial charge in [0.15, 0.2) is 5.82 Å². The molecule has 10 heteroatoms. The third-order valence-corrected chi connectivity index (χ3v) is 8.78. The minimum atomic E-state index is -0.703. The molecule has 0 aliphatic carbocycles. The molecule has 3 aliphatic rings. The van der Waals surface area contributed by atoms with E-state index >= 15 is 4.39 Å². The molecule has 0 bridgehead atoms. The summed E-state index contributed by atoms with van der Waals surface area (Å²) in [5.74, 6) is -0.496. The summed E-state index contributed by atoms with van der Waals surface area (Å²) in [5, 5.41) is 12.0. The maximum atomic E-state index is 16.6. The number of anilines is 1. The van der Waals surface area contributed by atoms with Crippen molar-refractivity contribution in [1.29, 1.82) is 0 Å². The van der Waals surface area contributed by atoms with Gasteiger partial charge in [-0.15, -0.1) is 0 Å². The van der Waals surface area contributed by atoms with Gasteiger partial charge in [0, 0.05) is 12.6 Å². The molecule has 4 aromatic rings. The Labute approximate surface area is 230 Å². The molecular weight excluding hydrogens is 516 g/mol. The third kappa shape index (κ3) is 3.83. The Balaban J connectivity index is 1.43. The summed E-state index contributed by atoms with van der Waals surface area (Å²) < 4.78 is 43.7. The zero-order chi connectivity index (χ0) is 27.6. The molecule has 7 rings (SSSR count). The standard InChI is InChI=1S/C30H31F2N5O3/c1-3-19-21(31)7-6-17-14-18(38)15-20(22(17)19)25-24(32)26-23-27(36(2)12-13-39-28(23)33-25)35-29(34-26)40-16-30-8-4-10-37(30)11-5-9-30/h6-7,14-15,38H,3-5,8-13,16H2,1-2H3. The number of hydrogen-bond acceptors (Lipinski definition) is 8. The lowest BCUT2D eigenvalue weighted by atomic mass is 9.94. The van der Waals surface area contributed by atoms with Crippen LogP contribution in [0.2, 0.25) is 0 Å². The number of aromatic nitrogens is 3. The number of rotatable bonds is 5. The molecule has 1 N–H and O–H groups in total. The van der Waals surface area contributed by atoms with E-state index in [4.69, 9.17) is 9.47 Å². The number of aromatic hydroxyl groups is 1. The summed E-state index contributed by atoms with van der Waals surface area (Å²) in [7, 11) is 1.86. The van der Waals surface area contributed by atoms with Crippen molar-refractivity contribution in [3.05, 3.63) is 41.5 Å². The van der Waals surface area contributed by atoms with Gasteiger partial charge in [0.2, 0.25) is 5.88 Å². The number of hydrogen-bond donors (Lipinski definition) is 1. The monoisotopic (exact) mass is 547 g/mol. The predicted octanol–water partition coefficient (Wildman–Crippen LogP) is 5.23. The van der Waals surface area contributed by atoms with Crippen LogP contribution in [-0.4, -0.2) is 70.4 Å². The first kappa shape index (κ1) is 25.2. The molecule has 208 valence electrons. The first-order chi connectivity index (χ1) is 19.4. The second-order valence-corrected chi connectivity index (χ2v) is 11.1. The molecule has 0 unspecified atom stereocenters. The number of aryl methyl sites for hydroxylation is 1. The molecule has 2 aromatic heterocycles. The van der Waals surface area contributed by atoms with Crippen molar-refractivity contribution in [3.63, 3.8) is 0 Å². The van der Waals surface area contributed by atoms with Crippen LogP contribution < -0.4 is 14.4 Å². The molecule has 2 saturated heterocycles. The highest BCUT2D eigenvalue weighted by molar-refractivity contribution is 6.03. The predicted molar refractivity (Wildman–Crippen MR) is 148 cm³/mol. The molecule has 0 radical (unpaired) electrons. The van der Waals surface area contributed by atoms with Gasteiger partial charge in [-0.25, -0.2) is 13.8 Å². The van der Waals surface area contributed by atoms with E-state index < -0.39 is 11.6 Å². The van der Waals surface area contributed by atoms with Crippen LogP contribution in [-0.2, 0) is 6.42 Å². The van der Waals surface area contributed by atoms with E-state index in [1.54, 1.807) is 6.07 Å². The van der Waals surface area contributed by atoms with E-state index in [-0.39, 0.29) is 40.0 Å². The lowest BCUT2D eigenvalue weighted by Crippen LogP contribution is -2.43. The maximum absolute atomic E-state index is 16.6.